The Morgan fingerprint density at radius 2 is 1.96 bits per heavy atom. The van der Waals surface area contributed by atoms with Gasteiger partial charge in [0.1, 0.15) is 11.4 Å². The number of aliphatic hydroxyl groups excluding tert-OH is 1. The van der Waals surface area contributed by atoms with Gasteiger partial charge in [-0.25, -0.2) is 4.68 Å². The normalized spacial score (nSPS) is 24.2. The molecule has 1 aliphatic heterocycles. The molecule has 6 nitrogen and oxygen atoms in total. The summed E-state index contributed by atoms with van der Waals surface area (Å²) in [5, 5.41) is 25.2. The molecule has 1 aromatic carbocycles. The van der Waals surface area contributed by atoms with E-state index in [4.69, 9.17) is 4.74 Å². The highest BCUT2D eigenvalue weighted by Gasteiger charge is 2.31. The Bertz CT molecular complexity index is 724. The van der Waals surface area contributed by atoms with Crippen molar-refractivity contribution in [2.24, 2.45) is 0 Å². The van der Waals surface area contributed by atoms with E-state index < -0.39 is 6.10 Å². The Labute approximate surface area is 147 Å². The molecule has 0 radical (unpaired) electrons. The summed E-state index contributed by atoms with van der Waals surface area (Å²) in [5.74, 6) is 0.580. The summed E-state index contributed by atoms with van der Waals surface area (Å²) in [6.45, 7) is 4.68. The van der Waals surface area contributed by atoms with Crippen LogP contribution in [0.3, 0.4) is 0 Å². The van der Waals surface area contributed by atoms with E-state index in [-0.39, 0.29) is 5.75 Å². The summed E-state index contributed by atoms with van der Waals surface area (Å²) >= 11 is 0. The first-order chi connectivity index (χ1) is 12.2. The molecule has 0 saturated carbocycles. The van der Waals surface area contributed by atoms with Crippen LogP contribution >= 0.6 is 0 Å². The maximum Gasteiger partial charge on any atom is 0.141 e. The average Bonchev–Trinajstić information content (AvgIpc) is 3.08. The number of phenols is 1. The van der Waals surface area contributed by atoms with Crippen LogP contribution in [0.5, 0.6) is 5.75 Å². The van der Waals surface area contributed by atoms with Crippen molar-refractivity contribution in [2.75, 3.05) is 32.8 Å². The number of ether oxygens (including phenoxy) is 1. The van der Waals surface area contributed by atoms with Crippen LogP contribution in [0, 0.1) is 0 Å². The maximum absolute atomic E-state index is 10.5. The van der Waals surface area contributed by atoms with Gasteiger partial charge >= 0.3 is 0 Å². The highest BCUT2D eigenvalue weighted by atomic mass is 16.5. The number of aliphatic hydroxyl groups is 1. The molecule has 0 bridgehead atoms. The summed E-state index contributed by atoms with van der Waals surface area (Å²) in [6, 6.07) is 7.13. The molecule has 0 amide bonds. The fourth-order valence-electron chi connectivity index (χ4n) is 3.97. The van der Waals surface area contributed by atoms with Crippen molar-refractivity contribution in [1.82, 2.24) is 14.7 Å². The number of benzene rings is 1. The topological polar surface area (TPSA) is 70.8 Å². The number of hydrogen-bond acceptors (Lipinski definition) is 5. The Morgan fingerprint density at radius 3 is 2.76 bits per heavy atom. The molecular weight excluding hydrogens is 318 g/mol. The molecule has 0 spiro atoms. The molecule has 1 fully saturated rings. The van der Waals surface area contributed by atoms with Crippen LogP contribution in [0.1, 0.15) is 42.5 Å². The van der Waals surface area contributed by atoms with Gasteiger partial charge in [-0.05, 0) is 49.4 Å². The average molecular weight is 343 g/mol. The van der Waals surface area contributed by atoms with Gasteiger partial charge in [-0.1, -0.05) is 12.1 Å². The third kappa shape index (κ3) is 3.29. The first-order valence-corrected chi connectivity index (χ1v) is 9.08. The molecule has 134 valence electrons. The van der Waals surface area contributed by atoms with Crippen LogP contribution < -0.4 is 0 Å². The molecule has 2 heterocycles. The number of aromatic hydroxyl groups is 1. The minimum atomic E-state index is -0.531. The Morgan fingerprint density at radius 1 is 1.16 bits per heavy atom. The number of morpholine rings is 1. The fraction of sp³-hybridized carbons (Fsp3) is 0.526. The fourth-order valence-corrected chi connectivity index (χ4v) is 3.97. The van der Waals surface area contributed by atoms with Gasteiger partial charge in [0.15, 0.2) is 0 Å². The molecule has 1 aromatic heterocycles. The predicted octanol–water partition coefficient (Wildman–Crippen LogP) is 2.21. The van der Waals surface area contributed by atoms with Gasteiger partial charge in [-0.15, -0.1) is 0 Å². The Hall–Kier alpha value is -1.89. The summed E-state index contributed by atoms with van der Waals surface area (Å²) in [5.41, 5.74) is 2.58. The molecule has 2 atom stereocenters. The molecule has 4 rings (SSSR count). The molecule has 1 aliphatic carbocycles. The molecule has 25 heavy (non-hydrogen) atoms. The summed E-state index contributed by atoms with van der Waals surface area (Å²) in [6.07, 6.45) is 4.11. The molecule has 2 aromatic rings. The highest BCUT2D eigenvalue weighted by molar-refractivity contribution is 5.47. The monoisotopic (exact) mass is 343 g/mol. The maximum atomic E-state index is 10.5. The van der Waals surface area contributed by atoms with Crippen LogP contribution in [-0.2, 0) is 4.74 Å². The third-order valence-corrected chi connectivity index (χ3v) is 5.39. The molecule has 6 heteroatoms. The summed E-state index contributed by atoms with van der Waals surface area (Å²) in [7, 11) is 0. The van der Waals surface area contributed by atoms with E-state index in [1.807, 2.05) is 18.3 Å². The highest BCUT2D eigenvalue weighted by Crippen LogP contribution is 2.41. The minimum absolute atomic E-state index is 0.177. The number of para-hydroxylation sites is 2. The first-order valence-electron chi connectivity index (χ1n) is 9.08. The third-order valence-electron chi connectivity index (χ3n) is 5.39. The molecule has 2 unspecified atom stereocenters. The number of nitrogens with zero attached hydrogens (tertiary/aromatic N) is 3. The number of rotatable bonds is 4. The van der Waals surface area contributed by atoms with Crippen molar-refractivity contribution < 1.29 is 14.9 Å². The lowest BCUT2D eigenvalue weighted by Crippen LogP contribution is -2.37. The van der Waals surface area contributed by atoms with Crippen LogP contribution in [0.15, 0.2) is 30.5 Å². The summed E-state index contributed by atoms with van der Waals surface area (Å²) in [4.78, 5) is 2.45. The second-order valence-electron chi connectivity index (χ2n) is 6.92. The van der Waals surface area contributed by atoms with E-state index in [9.17, 15) is 10.2 Å². The van der Waals surface area contributed by atoms with E-state index in [0.29, 0.717) is 11.6 Å². The lowest BCUT2D eigenvalue weighted by Gasteiger charge is -2.31. The van der Waals surface area contributed by atoms with Gasteiger partial charge in [0.2, 0.25) is 0 Å². The molecule has 1 saturated heterocycles. The minimum Gasteiger partial charge on any atom is -0.506 e. The van der Waals surface area contributed by atoms with Gasteiger partial charge in [0.05, 0.1) is 31.2 Å². The van der Waals surface area contributed by atoms with Crippen molar-refractivity contribution in [3.05, 3.63) is 41.7 Å². The smallest absolute Gasteiger partial charge is 0.141 e. The first kappa shape index (κ1) is 16.6. The van der Waals surface area contributed by atoms with Gasteiger partial charge in [-0.2, -0.15) is 5.10 Å². The molecule has 2 N–H and O–H groups in total. The van der Waals surface area contributed by atoms with Crippen LogP contribution in [0.2, 0.25) is 0 Å². The van der Waals surface area contributed by atoms with Crippen molar-refractivity contribution >= 4 is 0 Å². The Balaban J connectivity index is 1.57. The summed E-state index contributed by atoms with van der Waals surface area (Å²) < 4.78 is 7.12. The van der Waals surface area contributed by atoms with E-state index >= 15 is 0 Å². The van der Waals surface area contributed by atoms with E-state index in [1.54, 1.807) is 16.8 Å². The van der Waals surface area contributed by atoms with Gasteiger partial charge in [0, 0.05) is 13.1 Å². The van der Waals surface area contributed by atoms with Crippen LogP contribution in [0.25, 0.3) is 5.69 Å². The second kappa shape index (κ2) is 7.15. The zero-order valence-electron chi connectivity index (χ0n) is 14.3. The molecular formula is C19H25N3O3. The van der Waals surface area contributed by atoms with Crippen molar-refractivity contribution in [3.8, 4) is 11.4 Å². The number of aromatic nitrogens is 2. The van der Waals surface area contributed by atoms with Crippen molar-refractivity contribution in [2.45, 2.75) is 31.3 Å². The van der Waals surface area contributed by atoms with Crippen LogP contribution in [0.4, 0.5) is 0 Å². The lowest BCUT2D eigenvalue weighted by atomic mass is 9.83. The van der Waals surface area contributed by atoms with E-state index in [1.165, 1.54) is 0 Å². The van der Waals surface area contributed by atoms with Crippen molar-refractivity contribution in [1.29, 1.82) is 0 Å². The standard InChI is InChI=1S/C19H25N3O3/c23-17-4-2-1-3-16(17)22-19-15(13-20-22)14(5-6-18(19)24)7-8-21-9-11-25-12-10-21/h1-4,13-14,18,23-24H,5-12H2. The molecule has 2 aliphatic rings. The lowest BCUT2D eigenvalue weighted by molar-refractivity contribution is 0.0359. The number of phenolic OH excluding ortho intramolecular Hbond substituents is 1. The second-order valence-corrected chi connectivity index (χ2v) is 6.92. The van der Waals surface area contributed by atoms with E-state index in [2.05, 4.69) is 10.00 Å². The SMILES string of the molecule is Oc1ccccc1-n1ncc2c1C(O)CCC2CCN1CCOCC1. The quantitative estimate of drug-likeness (QED) is 0.891. The van der Waals surface area contributed by atoms with Gasteiger partial charge < -0.3 is 14.9 Å². The van der Waals surface area contributed by atoms with Crippen molar-refractivity contribution in [3.63, 3.8) is 0 Å². The zero-order valence-corrected chi connectivity index (χ0v) is 14.3. The predicted molar refractivity (Wildman–Crippen MR) is 94.0 cm³/mol. The van der Waals surface area contributed by atoms with Gasteiger partial charge in [-0.3, -0.25) is 4.90 Å². The Kier molecular flexibility index (Phi) is 4.74. The van der Waals surface area contributed by atoms with Crippen LogP contribution in [-0.4, -0.2) is 57.7 Å². The number of hydrogen-bond donors (Lipinski definition) is 2. The van der Waals surface area contributed by atoms with E-state index in [0.717, 1.165) is 63.4 Å². The van der Waals surface area contributed by atoms with Gasteiger partial charge in [0.25, 0.3) is 0 Å². The largest absolute Gasteiger partial charge is 0.506 e. The number of fused-ring (bicyclic) bond motifs is 1. The zero-order chi connectivity index (χ0) is 17.2.